The highest BCUT2D eigenvalue weighted by Crippen LogP contribution is 2.70. The Labute approximate surface area is 319 Å². The summed E-state index contributed by atoms with van der Waals surface area (Å²) in [7, 11) is 0. The second-order valence-electron chi connectivity index (χ2n) is 18.7. The van der Waals surface area contributed by atoms with E-state index < -0.39 is 79.4 Å². The summed E-state index contributed by atoms with van der Waals surface area (Å²) >= 11 is 0. The van der Waals surface area contributed by atoms with Gasteiger partial charge in [-0.25, -0.2) is 4.79 Å². The molecular formula is C41H64O13. The van der Waals surface area contributed by atoms with Gasteiger partial charge in [-0.15, -0.1) is 0 Å². The second-order valence-corrected chi connectivity index (χ2v) is 18.7. The Kier molecular flexibility index (Phi) is 10.9. The summed E-state index contributed by atoms with van der Waals surface area (Å²) in [6.45, 7) is 10.4. The van der Waals surface area contributed by atoms with E-state index in [0.29, 0.717) is 18.4 Å². The fraction of sp³-hybridized carbons (Fsp3) is 0.927. The van der Waals surface area contributed by atoms with Crippen molar-refractivity contribution in [3.05, 3.63) is 11.6 Å². The van der Waals surface area contributed by atoms with Gasteiger partial charge in [-0.1, -0.05) is 13.8 Å². The molecule has 8 aliphatic rings. The lowest BCUT2D eigenvalue weighted by Gasteiger charge is -2.64. The topological polar surface area (TPSA) is 183 Å². The number of ether oxygens (including phenoxy) is 7. The van der Waals surface area contributed by atoms with Gasteiger partial charge in [0.2, 0.25) is 0 Å². The zero-order chi connectivity index (χ0) is 38.3. The molecule has 7 fully saturated rings. The van der Waals surface area contributed by atoms with Crippen molar-refractivity contribution in [1.82, 2.24) is 0 Å². The van der Waals surface area contributed by atoms with Gasteiger partial charge in [-0.3, -0.25) is 0 Å². The molecular weight excluding hydrogens is 700 g/mol. The lowest BCUT2D eigenvalue weighted by molar-refractivity contribution is -0.336. The average Bonchev–Trinajstić information content (AvgIpc) is 3.66. The average molecular weight is 765 g/mol. The number of carbonyl (C=O) groups is 1. The van der Waals surface area contributed by atoms with Gasteiger partial charge in [-0.05, 0) is 113 Å². The van der Waals surface area contributed by atoms with Crippen LogP contribution in [0.2, 0.25) is 0 Å². The van der Waals surface area contributed by atoms with Crippen LogP contribution in [0.4, 0.5) is 0 Å². The Morgan fingerprint density at radius 3 is 1.89 bits per heavy atom. The Balaban J connectivity index is 0.826. The highest BCUT2D eigenvalue weighted by Gasteiger charge is 2.68. The summed E-state index contributed by atoms with van der Waals surface area (Å²) < 4.78 is 42.2. The number of hydrogen-bond acceptors (Lipinski definition) is 13. The van der Waals surface area contributed by atoms with Gasteiger partial charge < -0.3 is 58.7 Å². The van der Waals surface area contributed by atoms with Crippen LogP contribution in [0.3, 0.4) is 0 Å². The van der Waals surface area contributed by atoms with Gasteiger partial charge in [0.05, 0.1) is 48.3 Å². The molecule has 0 unspecified atom stereocenters. The van der Waals surface area contributed by atoms with E-state index in [4.69, 9.17) is 33.2 Å². The van der Waals surface area contributed by atoms with Crippen molar-refractivity contribution in [3.63, 3.8) is 0 Å². The Bertz CT molecular complexity index is 1370. The van der Waals surface area contributed by atoms with Crippen molar-refractivity contribution in [2.45, 2.75) is 197 Å². The molecule has 0 amide bonds. The second kappa shape index (κ2) is 14.9. The van der Waals surface area contributed by atoms with Crippen LogP contribution in [0, 0.1) is 34.5 Å². The van der Waals surface area contributed by atoms with Crippen LogP contribution in [-0.2, 0) is 38.0 Å². The maximum atomic E-state index is 12.6. The third-order valence-electron chi connectivity index (χ3n) is 15.9. The van der Waals surface area contributed by atoms with Crippen molar-refractivity contribution in [3.8, 4) is 0 Å². The Hall–Kier alpha value is -1.23. The number of aliphatic hydroxyl groups is 5. The first-order valence-corrected chi connectivity index (χ1v) is 20.8. The van der Waals surface area contributed by atoms with E-state index in [2.05, 4.69) is 13.8 Å². The maximum Gasteiger partial charge on any atom is 0.331 e. The van der Waals surface area contributed by atoms with Gasteiger partial charge >= 0.3 is 5.97 Å². The van der Waals surface area contributed by atoms with Crippen LogP contribution in [0.1, 0.15) is 112 Å². The minimum atomic E-state index is -0.996. The maximum absolute atomic E-state index is 12.6. The standard InChI is InChI=1S/C41H64O13/c1-20-36(46)29(42)16-34(49-20)53-38-22(3)51-35(18-31(38)44)54-37-21(2)50-33(17-30(37)43)52-25-8-11-39(4)24(15-25)6-7-28-27(39)9-12-40(5)26(10-13-41(28,40)47)23-14-32(45)48-19-23/h14,20-22,24-31,33-38,42-44,46-47H,6-13,15-19H2,1-5H3/t20-,21+,22+,24+,25+,26-,27-,28+,29-,30+,31+,33-,34+,35-,36-,37-,38-,39+,40+,41+/m0/s1. The number of hydrogen-bond donors (Lipinski definition) is 5. The molecule has 4 aliphatic carbocycles. The minimum absolute atomic E-state index is 0.0243. The molecule has 3 saturated heterocycles. The van der Waals surface area contributed by atoms with Crippen LogP contribution < -0.4 is 0 Å². The molecule has 20 atom stereocenters. The predicted molar refractivity (Wildman–Crippen MR) is 191 cm³/mol. The fourth-order valence-corrected chi connectivity index (χ4v) is 12.8. The first-order chi connectivity index (χ1) is 25.6. The third kappa shape index (κ3) is 6.82. The molecule has 0 aromatic rings. The van der Waals surface area contributed by atoms with Crippen molar-refractivity contribution in [2.75, 3.05) is 6.61 Å². The lowest BCUT2D eigenvalue weighted by Crippen LogP contribution is -2.62. The molecule has 5 N–H and O–H groups in total. The van der Waals surface area contributed by atoms with E-state index in [1.165, 1.54) is 0 Å². The summed E-state index contributed by atoms with van der Waals surface area (Å²) in [5, 5.41) is 55.0. The summed E-state index contributed by atoms with van der Waals surface area (Å²) in [4.78, 5) is 11.9. The summed E-state index contributed by atoms with van der Waals surface area (Å²) in [6.07, 6.45) is 1.90. The molecule has 4 aliphatic heterocycles. The number of carbonyl (C=O) groups excluding carboxylic acids is 1. The molecule has 4 heterocycles. The first-order valence-electron chi connectivity index (χ1n) is 20.8. The van der Waals surface area contributed by atoms with Gasteiger partial charge in [0.15, 0.2) is 18.9 Å². The van der Waals surface area contributed by atoms with Gasteiger partial charge in [0, 0.05) is 30.8 Å². The van der Waals surface area contributed by atoms with Gasteiger partial charge in [0.1, 0.15) is 24.9 Å². The number of esters is 1. The Morgan fingerprint density at radius 1 is 0.685 bits per heavy atom. The summed E-state index contributed by atoms with van der Waals surface area (Å²) in [6, 6.07) is 0. The van der Waals surface area contributed by atoms with Gasteiger partial charge in [-0.2, -0.15) is 0 Å². The number of fused-ring (bicyclic) bond motifs is 5. The molecule has 0 aromatic carbocycles. The quantitative estimate of drug-likeness (QED) is 0.188. The predicted octanol–water partition coefficient (Wildman–Crippen LogP) is 3.25. The number of rotatable bonds is 7. The molecule has 8 rings (SSSR count). The third-order valence-corrected chi connectivity index (χ3v) is 15.9. The van der Waals surface area contributed by atoms with Crippen LogP contribution in [0.25, 0.3) is 0 Å². The van der Waals surface area contributed by atoms with Crippen molar-refractivity contribution in [2.24, 2.45) is 34.5 Å². The van der Waals surface area contributed by atoms with Crippen molar-refractivity contribution in [1.29, 1.82) is 0 Å². The SMILES string of the molecule is C[C@@H]1O[C@H](O[C@@H]2[C@H](O)C[C@H](O[C@@H]3[C@H](O)C[C@H](O[C@@H]4CC[C@]5(C)[C@H](CC[C@@H]6[C@@H]5CC[C@]5(C)[C@H](C7=CC(=O)OC7)CC[C@@]65O)C4)O[C@@H]3C)O[C@@H]2C)C[C@H](O)[C@H]1O. The summed E-state index contributed by atoms with van der Waals surface area (Å²) in [5.41, 5.74) is 0.215. The Morgan fingerprint density at radius 2 is 1.30 bits per heavy atom. The normalized spacial score (nSPS) is 55.0. The molecule has 13 nitrogen and oxygen atoms in total. The smallest absolute Gasteiger partial charge is 0.331 e. The van der Waals surface area contributed by atoms with Crippen LogP contribution in [0.15, 0.2) is 11.6 Å². The van der Waals surface area contributed by atoms with Crippen LogP contribution in [-0.4, -0.2) is 124 Å². The zero-order valence-electron chi connectivity index (χ0n) is 32.6. The highest BCUT2D eigenvalue weighted by atomic mass is 16.7. The number of aliphatic hydroxyl groups excluding tert-OH is 4. The lowest BCUT2D eigenvalue weighted by atomic mass is 9.43. The summed E-state index contributed by atoms with van der Waals surface area (Å²) in [5.74, 6) is 1.13. The van der Waals surface area contributed by atoms with E-state index in [0.717, 1.165) is 63.4 Å². The number of cyclic esters (lactones) is 1. The van der Waals surface area contributed by atoms with Crippen LogP contribution in [0.5, 0.6) is 0 Å². The molecule has 306 valence electrons. The largest absolute Gasteiger partial charge is 0.458 e. The van der Waals surface area contributed by atoms with E-state index in [1.54, 1.807) is 19.9 Å². The van der Waals surface area contributed by atoms with Gasteiger partial charge in [0.25, 0.3) is 0 Å². The highest BCUT2D eigenvalue weighted by molar-refractivity contribution is 5.85. The first kappa shape index (κ1) is 39.6. The van der Waals surface area contributed by atoms with Crippen molar-refractivity contribution >= 4 is 5.97 Å². The van der Waals surface area contributed by atoms with E-state index >= 15 is 0 Å². The monoisotopic (exact) mass is 764 g/mol. The molecule has 13 heteroatoms. The zero-order valence-corrected chi connectivity index (χ0v) is 32.6. The molecule has 0 radical (unpaired) electrons. The molecule has 0 spiro atoms. The van der Waals surface area contributed by atoms with E-state index in [9.17, 15) is 30.3 Å². The molecule has 0 aromatic heterocycles. The minimum Gasteiger partial charge on any atom is -0.458 e. The van der Waals surface area contributed by atoms with Crippen LogP contribution >= 0.6 is 0 Å². The molecule has 4 saturated carbocycles. The fourth-order valence-electron chi connectivity index (χ4n) is 12.8. The molecule has 54 heavy (non-hydrogen) atoms. The van der Waals surface area contributed by atoms with E-state index in [1.807, 2.05) is 6.92 Å². The molecule has 0 bridgehead atoms. The van der Waals surface area contributed by atoms with E-state index in [-0.39, 0.29) is 54.0 Å². The van der Waals surface area contributed by atoms with Crippen molar-refractivity contribution < 1.29 is 63.5 Å².